The molecule has 0 spiro atoms. The van der Waals surface area contributed by atoms with E-state index in [-0.39, 0.29) is 11.4 Å². The minimum atomic E-state index is -0.642. The minimum absolute atomic E-state index is 0.286. The Labute approximate surface area is 108 Å². The van der Waals surface area contributed by atoms with E-state index in [0.29, 0.717) is 5.56 Å². The minimum Gasteiger partial charge on any atom is -0.386 e. The van der Waals surface area contributed by atoms with Crippen LogP contribution in [0.2, 0.25) is 0 Å². The van der Waals surface area contributed by atoms with E-state index in [4.69, 9.17) is 0 Å². The smallest absolute Gasteiger partial charge is 0.123 e. The molecule has 0 aliphatic carbocycles. The van der Waals surface area contributed by atoms with E-state index in [0.717, 1.165) is 19.5 Å². The first kappa shape index (κ1) is 13.5. The summed E-state index contributed by atoms with van der Waals surface area (Å²) in [6.07, 6.45) is 2.58. The Morgan fingerprint density at radius 3 is 2.61 bits per heavy atom. The normalized spacial score (nSPS) is 21.8. The fourth-order valence-corrected chi connectivity index (χ4v) is 2.85. The van der Waals surface area contributed by atoms with E-state index in [1.54, 1.807) is 12.1 Å². The van der Waals surface area contributed by atoms with Crippen LogP contribution in [-0.2, 0) is 0 Å². The molecule has 1 fully saturated rings. The Morgan fingerprint density at radius 2 is 2.06 bits per heavy atom. The van der Waals surface area contributed by atoms with Crippen molar-refractivity contribution in [3.05, 3.63) is 35.6 Å². The molecular weight excluding hydrogens is 229 g/mol. The van der Waals surface area contributed by atoms with Crippen molar-refractivity contribution >= 4 is 0 Å². The molecule has 1 aliphatic rings. The third kappa shape index (κ3) is 2.43. The highest BCUT2D eigenvalue weighted by atomic mass is 19.1. The standard InChI is InChI=1S/C15H22FNO/c1-3-15(2,17-9-4-5-10-17)14(18)12-7-6-8-13(16)11-12/h6-8,11,14,18H,3-5,9-10H2,1-2H3. The second-order valence-corrected chi connectivity index (χ2v) is 5.36. The van der Waals surface area contributed by atoms with E-state index >= 15 is 0 Å². The van der Waals surface area contributed by atoms with Crippen LogP contribution in [0.3, 0.4) is 0 Å². The predicted octanol–water partition coefficient (Wildman–Crippen LogP) is 3.12. The van der Waals surface area contributed by atoms with Crippen LogP contribution in [0.1, 0.15) is 44.8 Å². The number of likely N-dealkylation sites (tertiary alicyclic amines) is 1. The molecule has 1 aromatic carbocycles. The van der Waals surface area contributed by atoms with E-state index in [9.17, 15) is 9.50 Å². The second kappa shape index (κ2) is 5.37. The lowest BCUT2D eigenvalue weighted by molar-refractivity contribution is -0.0141. The third-order valence-electron chi connectivity index (χ3n) is 4.30. The zero-order valence-electron chi connectivity index (χ0n) is 11.2. The average Bonchev–Trinajstić information content (AvgIpc) is 2.91. The van der Waals surface area contributed by atoms with Gasteiger partial charge in [-0.25, -0.2) is 4.39 Å². The van der Waals surface area contributed by atoms with Gasteiger partial charge in [0.25, 0.3) is 0 Å². The maximum atomic E-state index is 13.3. The van der Waals surface area contributed by atoms with Crippen LogP contribution in [0.15, 0.2) is 24.3 Å². The van der Waals surface area contributed by atoms with Gasteiger partial charge in [0, 0.05) is 5.54 Å². The molecule has 1 heterocycles. The Morgan fingerprint density at radius 1 is 1.39 bits per heavy atom. The van der Waals surface area contributed by atoms with Crippen LogP contribution in [0.4, 0.5) is 4.39 Å². The molecule has 0 aromatic heterocycles. The summed E-state index contributed by atoms with van der Waals surface area (Å²) in [6, 6.07) is 6.32. The number of aliphatic hydroxyl groups is 1. The fraction of sp³-hybridized carbons (Fsp3) is 0.600. The zero-order chi connectivity index (χ0) is 13.2. The lowest BCUT2D eigenvalue weighted by atomic mass is 9.85. The van der Waals surface area contributed by atoms with E-state index in [2.05, 4.69) is 18.7 Å². The SMILES string of the molecule is CCC(C)(C(O)c1cccc(F)c1)N1CCCC1. The lowest BCUT2D eigenvalue weighted by Crippen LogP contribution is -2.48. The lowest BCUT2D eigenvalue weighted by Gasteiger charge is -2.42. The quantitative estimate of drug-likeness (QED) is 0.888. The maximum Gasteiger partial charge on any atom is 0.123 e. The summed E-state index contributed by atoms with van der Waals surface area (Å²) in [7, 11) is 0. The van der Waals surface area contributed by atoms with Gasteiger partial charge in [-0.15, -0.1) is 0 Å². The molecule has 18 heavy (non-hydrogen) atoms. The number of rotatable bonds is 4. The molecule has 0 bridgehead atoms. The molecule has 1 saturated heterocycles. The molecule has 1 aliphatic heterocycles. The van der Waals surface area contributed by atoms with Crippen molar-refractivity contribution in [1.82, 2.24) is 4.90 Å². The molecule has 2 rings (SSSR count). The average molecular weight is 251 g/mol. The van der Waals surface area contributed by atoms with Crippen molar-refractivity contribution in [2.24, 2.45) is 0 Å². The van der Waals surface area contributed by atoms with Gasteiger partial charge in [0.1, 0.15) is 5.82 Å². The Bertz CT molecular complexity index is 403. The topological polar surface area (TPSA) is 23.5 Å². The first-order valence-electron chi connectivity index (χ1n) is 6.76. The van der Waals surface area contributed by atoms with Crippen LogP contribution in [0.5, 0.6) is 0 Å². The van der Waals surface area contributed by atoms with Crippen LogP contribution >= 0.6 is 0 Å². The first-order chi connectivity index (χ1) is 8.58. The van der Waals surface area contributed by atoms with Crippen LogP contribution in [0.25, 0.3) is 0 Å². The molecule has 0 radical (unpaired) electrons. The summed E-state index contributed by atoms with van der Waals surface area (Å²) < 4.78 is 13.3. The van der Waals surface area contributed by atoms with Gasteiger partial charge < -0.3 is 5.11 Å². The van der Waals surface area contributed by atoms with Crippen molar-refractivity contribution in [3.8, 4) is 0 Å². The predicted molar refractivity (Wildman–Crippen MR) is 70.9 cm³/mol. The van der Waals surface area contributed by atoms with E-state index < -0.39 is 6.10 Å². The summed E-state index contributed by atoms with van der Waals surface area (Å²) >= 11 is 0. The van der Waals surface area contributed by atoms with E-state index in [1.165, 1.54) is 25.0 Å². The largest absolute Gasteiger partial charge is 0.386 e. The zero-order valence-corrected chi connectivity index (χ0v) is 11.2. The van der Waals surface area contributed by atoms with Crippen molar-refractivity contribution < 1.29 is 9.50 Å². The Balaban J connectivity index is 2.26. The maximum absolute atomic E-state index is 13.3. The Hall–Kier alpha value is -0.930. The summed E-state index contributed by atoms with van der Waals surface area (Å²) in [4.78, 5) is 2.34. The molecule has 2 unspecified atom stereocenters. The highest BCUT2D eigenvalue weighted by Crippen LogP contribution is 2.36. The van der Waals surface area contributed by atoms with Gasteiger partial charge in [-0.1, -0.05) is 19.1 Å². The van der Waals surface area contributed by atoms with Crippen LogP contribution in [0, 0.1) is 5.82 Å². The molecule has 1 N–H and O–H groups in total. The molecular formula is C15H22FNO. The highest BCUT2D eigenvalue weighted by Gasteiger charge is 2.39. The summed E-state index contributed by atoms with van der Waals surface area (Å²) in [5.74, 6) is -0.286. The van der Waals surface area contributed by atoms with Gasteiger partial charge in [0.2, 0.25) is 0 Å². The van der Waals surface area contributed by atoms with Gasteiger partial charge in [-0.05, 0) is 57.0 Å². The van der Waals surface area contributed by atoms with Crippen molar-refractivity contribution in [2.75, 3.05) is 13.1 Å². The van der Waals surface area contributed by atoms with Gasteiger partial charge in [-0.3, -0.25) is 4.90 Å². The van der Waals surface area contributed by atoms with Crippen molar-refractivity contribution in [3.63, 3.8) is 0 Å². The summed E-state index contributed by atoms with van der Waals surface area (Å²) in [5.41, 5.74) is 0.371. The molecule has 3 heteroatoms. The molecule has 2 atom stereocenters. The molecule has 0 amide bonds. The summed E-state index contributed by atoms with van der Waals surface area (Å²) in [5, 5.41) is 10.6. The van der Waals surface area contributed by atoms with Gasteiger partial charge >= 0.3 is 0 Å². The fourth-order valence-electron chi connectivity index (χ4n) is 2.85. The van der Waals surface area contributed by atoms with E-state index in [1.807, 2.05) is 0 Å². The van der Waals surface area contributed by atoms with Crippen molar-refractivity contribution in [1.29, 1.82) is 0 Å². The monoisotopic (exact) mass is 251 g/mol. The third-order valence-corrected chi connectivity index (χ3v) is 4.30. The number of hydrogen-bond acceptors (Lipinski definition) is 2. The number of halogens is 1. The van der Waals surface area contributed by atoms with Crippen LogP contribution in [-0.4, -0.2) is 28.6 Å². The van der Waals surface area contributed by atoms with Gasteiger partial charge in [0.15, 0.2) is 0 Å². The number of aliphatic hydroxyl groups excluding tert-OH is 1. The highest BCUT2D eigenvalue weighted by molar-refractivity contribution is 5.22. The van der Waals surface area contributed by atoms with Gasteiger partial charge in [-0.2, -0.15) is 0 Å². The number of hydrogen-bond donors (Lipinski definition) is 1. The number of nitrogens with zero attached hydrogens (tertiary/aromatic N) is 1. The summed E-state index contributed by atoms with van der Waals surface area (Å²) in [6.45, 7) is 6.21. The first-order valence-corrected chi connectivity index (χ1v) is 6.76. The molecule has 100 valence electrons. The molecule has 0 saturated carbocycles. The Kier molecular flexibility index (Phi) is 4.03. The van der Waals surface area contributed by atoms with Crippen molar-refractivity contribution in [2.45, 2.75) is 44.8 Å². The molecule has 2 nitrogen and oxygen atoms in total. The second-order valence-electron chi connectivity index (χ2n) is 5.36. The van der Waals surface area contributed by atoms with Gasteiger partial charge in [0.05, 0.1) is 6.10 Å². The number of benzene rings is 1. The molecule has 1 aromatic rings. The van der Waals surface area contributed by atoms with Crippen LogP contribution < -0.4 is 0 Å².